The van der Waals surface area contributed by atoms with Crippen LogP contribution in [0.3, 0.4) is 0 Å². The molecule has 0 amide bonds. The van der Waals surface area contributed by atoms with E-state index in [1.165, 1.54) is 35.0 Å². The number of imidazole rings is 1. The summed E-state index contributed by atoms with van der Waals surface area (Å²) in [6.07, 6.45) is 8.48. The number of pyridine rings is 1. The van der Waals surface area contributed by atoms with Gasteiger partial charge in [-0.15, -0.1) is 11.3 Å². The predicted octanol–water partition coefficient (Wildman–Crippen LogP) is 3.80. The molecule has 126 valence electrons. The Hall–Kier alpha value is -2.12. The zero-order valence-corrected chi connectivity index (χ0v) is 15.1. The highest BCUT2D eigenvalue weighted by Gasteiger charge is 2.19. The second kappa shape index (κ2) is 6.00. The van der Waals surface area contributed by atoms with Crippen molar-refractivity contribution in [2.75, 3.05) is 0 Å². The molecule has 0 aliphatic heterocycles. The Labute approximate surface area is 152 Å². The van der Waals surface area contributed by atoms with Gasteiger partial charge in [0, 0.05) is 23.0 Å². The first kappa shape index (κ1) is 15.2. The quantitative estimate of drug-likeness (QED) is 0.441. The van der Waals surface area contributed by atoms with E-state index in [1.807, 2.05) is 35.0 Å². The van der Waals surface area contributed by atoms with Crippen molar-refractivity contribution in [3.8, 4) is 0 Å². The highest BCUT2D eigenvalue weighted by atomic mass is 32.2. The number of hydrogen-bond acceptors (Lipinski definition) is 5. The lowest BCUT2D eigenvalue weighted by molar-refractivity contribution is 0.700. The number of nitrogens with zero attached hydrogens (tertiary/aromatic N) is 3. The highest BCUT2D eigenvalue weighted by molar-refractivity contribution is 7.98. The summed E-state index contributed by atoms with van der Waals surface area (Å²) >= 11 is 3.22. The summed E-state index contributed by atoms with van der Waals surface area (Å²) in [5.41, 5.74) is 3.14. The Morgan fingerprint density at radius 1 is 1.24 bits per heavy atom. The number of H-pyrrole nitrogens is 1. The van der Waals surface area contributed by atoms with Gasteiger partial charge in [0.25, 0.3) is 5.56 Å². The van der Waals surface area contributed by atoms with Crippen molar-refractivity contribution in [3.05, 3.63) is 57.1 Å². The van der Waals surface area contributed by atoms with Gasteiger partial charge in [0.05, 0.1) is 11.1 Å². The summed E-state index contributed by atoms with van der Waals surface area (Å²) in [5.74, 6) is 0.682. The number of aromatic nitrogens is 4. The number of fused-ring (bicyclic) bond motifs is 4. The van der Waals surface area contributed by atoms with Crippen molar-refractivity contribution in [1.29, 1.82) is 0 Å². The molecule has 5 rings (SSSR count). The zero-order valence-electron chi connectivity index (χ0n) is 13.5. The van der Waals surface area contributed by atoms with Gasteiger partial charge in [-0.05, 0) is 43.4 Å². The number of rotatable bonds is 3. The van der Waals surface area contributed by atoms with Gasteiger partial charge in [0.1, 0.15) is 10.5 Å². The Morgan fingerprint density at radius 2 is 2.16 bits per heavy atom. The molecule has 0 saturated carbocycles. The van der Waals surface area contributed by atoms with Crippen molar-refractivity contribution in [1.82, 2.24) is 19.4 Å². The van der Waals surface area contributed by atoms with E-state index < -0.39 is 0 Å². The fourth-order valence-corrected chi connectivity index (χ4v) is 5.48. The van der Waals surface area contributed by atoms with Crippen LogP contribution in [0.5, 0.6) is 0 Å². The molecule has 0 fully saturated rings. The number of aryl methyl sites for hydroxylation is 2. The van der Waals surface area contributed by atoms with Crippen LogP contribution in [0.1, 0.15) is 29.0 Å². The van der Waals surface area contributed by atoms with Crippen LogP contribution < -0.4 is 5.56 Å². The Balaban J connectivity index is 1.45. The van der Waals surface area contributed by atoms with E-state index in [2.05, 4.69) is 9.97 Å². The summed E-state index contributed by atoms with van der Waals surface area (Å²) in [5, 5.41) is 1.49. The minimum Gasteiger partial charge on any atom is -0.307 e. The third-order valence-electron chi connectivity index (χ3n) is 4.57. The molecular formula is C18H16N4OS2. The summed E-state index contributed by atoms with van der Waals surface area (Å²) in [7, 11) is 0. The molecule has 0 bridgehead atoms. The van der Waals surface area contributed by atoms with E-state index in [0.29, 0.717) is 10.9 Å². The second-order valence-electron chi connectivity index (χ2n) is 6.25. The van der Waals surface area contributed by atoms with E-state index >= 15 is 0 Å². The number of aromatic amines is 1. The summed E-state index contributed by atoms with van der Waals surface area (Å²) < 4.78 is 2.00. The van der Waals surface area contributed by atoms with E-state index in [4.69, 9.17) is 4.98 Å². The van der Waals surface area contributed by atoms with Crippen LogP contribution in [0.4, 0.5) is 0 Å². The highest BCUT2D eigenvalue weighted by Crippen LogP contribution is 2.34. The minimum absolute atomic E-state index is 0.00176. The molecule has 0 aromatic carbocycles. The summed E-state index contributed by atoms with van der Waals surface area (Å²) in [6, 6.07) is 5.94. The first-order valence-electron chi connectivity index (χ1n) is 8.38. The zero-order chi connectivity index (χ0) is 16.8. The molecule has 0 unspecified atom stereocenters. The van der Waals surface area contributed by atoms with Crippen LogP contribution in [0.25, 0.3) is 15.9 Å². The molecule has 4 aromatic heterocycles. The lowest BCUT2D eigenvalue weighted by atomic mass is 9.97. The number of nitrogens with one attached hydrogen (secondary N) is 1. The Kier molecular flexibility index (Phi) is 3.64. The van der Waals surface area contributed by atoms with Crippen LogP contribution in [-0.4, -0.2) is 19.4 Å². The van der Waals surface area contributed by atoms with E-state index in [9.17, 15) is 4.79 Å². The van der Waals surface area contributed by atoms with Crippen molar-refractivity contribution in [2.45, 2.75) is 36.6 Å². The van der Waals surface area contributed by atoms with Gasteiger partial charge in [-0.3, -0.25) is 4.79 Å². The fraction of sp³-hybridized carbons (Fsp3) is 0.278. The molecule has 0 spiro atoms. The van der Waals surface area contributed by atoms with Crippen LogP contribution >= 0.6 is 23.1 Å². The average molecular weight is 368 g/mol. The lowest BCUT2D eigenvalue weighted by Gasteiger charge is -2.09. The third kappa shape index (κ3) is 2.67. The minimum atomic E-state index is 0.00176. The maximum Gasteiger partial charge on any atom is 0.260 e. The van der Waals surface area contributed by atoms with Crippen LogP contribution in [-0.2, 0) is 18.6 Å². The van der Waals surface area contributed by atoms with Gasteiger partial charge in [-0.1, -0.05) is 17.8 Å². The third-order valence-corrected chi connectivity index (χ3v) is 6.67. The van der Waals surface area contributed by atoms with Crippen molar-refractivity contribution in [3.63, 3.8) is 0 Å². The molecule has 4 heterocycles. The lowest BCUT2D eigenvalue weighted by Crippen LogP contribution is -2.10. The van der Waals surface area contributed by atoms with Crippen LogP contribution in [0.15, 0.2) is 40.5 Å². The van der Waals surface area contributed by atoms with Crippen molar-refractivity contribution in [2.24, 2.45) is 0 Å². The molecule has 0 saturated heterocycles. The monoisotopic (exact) mass is 368 g/mol. The Bertz CT molecular complexity index is 1110. The largest absolute Gasteiger partial charge is 0.307 e. The SMILES string of the molecule is O=c1[nH]c(SCc2cn3ccccc3n2)nc2sc3c(c12)CCCC3. The summed E-state index contributed by atoms with van der Waals surface area (Å²) in [4.78, 5) is 27.0. The molecule has 0 radical (unpaired) electrons. The van der Waals surface area contributed by atoms with Gasteiger partial charge in [-0.2, -0.15) is 0 Å². The molecular weight excluding hydrogens is 352 g/mol. The Morgan fingerprint density at radius 3 is 3.08 bits per heavy atom. The van der Waals surface area contributed by atoms with Gasteiger partial charge in [0.2, 0.25) is 0 Å². The van der Waals surface area contributed by atoms with Gasteiger partial charge in [0.15, 0.2) is 5.16 Å². The average Bonchev–Trinajstić information content (AvgIpc) is 3.20. The van der Waals surface area contributed by atoms with E-state index in [1.54, 1.807) is 11.3 Å². The normalized spacial score (nSPS) is 14.2. The van der Waals surface area contributed by atoms with Crippen LogP contribution in [0, 0.1) is 0 Å². The first-order chi connectivity index (χ1) is 12.3. The molecule has 1 aliphatic rings. The molecule has 4 aromatic rings. The molecule has 1 N–H and O–H groups in total. The number of hydrogen-bond donors (Lipinski definition) is 1. The summed E-state index contributed by atoms with van der Waals surface area (Å²) in [6.45, 7) is 0. The first-order valence-corrected chi connectivity index (χ1v) is 10.2. The maximum atomic E-state index is 12.6. The predicted molar refractivity (Wildman–Crippen MR) is 102 cm³/mol. The standard InChI is InChI=1S/C18H16N4OS2/c23-16-15-12-5-1-2-6-13(12)25-17(15)21-18(20-16)24-10-11-9-22-8-4-3-7-14(22)19-11/h3-4,7-9H,1-2,5-6,10H2,(H,20,21,23). The van der Waals surface area contributed by atoms with Gasteiger partial charge >= 0.3 is 0 Å². The van der Waals surface area contributed by atoms with E-state index in [-0.39, 0.29) is 5.56 Å². The second-order valence-corrected chi connectivity index (χ2v) is 8.30. The van der Waals surface area contributed by atoms with Crippen molar-refractivity contribution < 1.29 is 0 Å². The van der Waals surface area contributed by atoms with Gasteiger partial charge < -0.3 is 9.38 Å². The van der Waals surface area contributed by atoms with Crippen LogP contribution in [0.2, 0.25) is 0 Å². The fourth-order valence-electron chi connectivity index (χ4n) is 3.41. The smallest absolute Gasteiger partial charge is 0.260 e. The molecule has 25 heavy (non-hydrogen) atoms. The van der Waals surface area contributed by atoms with E-state index in [0.717, 1.165) is 34.4 Å². The van der Waals surface area contributed by atoms with Crippen molar-refractivity contribution >= 4 is 39.0 Å². The molecule has 1 aliphatic carbocycles. The maximum absolute atomic E-state index is 12.6. The van der Waals surface area contributed by atoms with Gasteiger partial charge in [-0.25, -0.2) is 9.97 Å². The number of thioether (sulfide) groups is 1. The topological polar surface area (TPSA) is 63.0 Å². The number of thiophene rings is 1. The molecule has 7 heteroatoms. The molecule has 0 atom stereocenters. The molecule has 5 nitrogen and oxygen atoms in total.